The van der Waals surface area contributed by atoms with E-state index in [0.717, 1.165) is 42.2 Å². The molecule has 0 bridgehead atoms. The molecule has 3 rings (SSSR count). The Kier molecular flexibility index (Phi) is 8.72. The maximum absolute atomic E-state index is 6.08. The van der Waals surface area contributed by atoms with Crippen molar-refractivity contribution in [1.29, 1.82) is 0 Å². The number of ether oxygens (including phenoxy) is 2. The molecule has 2 heterocycles. The Morgan fingerprint density at radius 1 is 1.25 bits per heavy atom. The number of aromatic nitrogens is 3. The number of aryl methyl sites for hydroxylation is 1. The third-order valence-electron chi connectivity index (χ3n) is 5.93. The molecule has 0 spiro atoms. The number of likely N-dealkylation sites (N-methyl/N-ethyl adjacent to an activating group) is 1. The van der Waals surface area contributed by atoms with Crippen molar-refractivity contribution in [2.45, 2.75) is 52.3 Å². The quantitative estimate of drug-likeness (QED) is 0.429. The van der Waals surface area contributed by atoms with Gasteiger partial charge < -0.3 is 24.7 Å². The molecule has 2 aromatic rings. The highest BCUT2D eigenvalue weighted by Crippen LogP contribution is 2.26. The Balaban J connectivity index is 1.61. The molecule has 0 saturated carbocycles. The Bertz CT molecular complexity index is 883. The molecule has 1 aliphatic heterocycles. The van der Waals surface area contributed by atoms with Gasteiger partial charge in [-0.3, -0.25) is 4.90 Å². The third-order valence-corrected chi connectivity index (χ3v) is 5.93. The van der Waals surface area contributed by atoms with Gasteiger partial charge in [0.25, 0.3) is 0 Å². The van der Waals surface area contributed by atoms with Crippen LogP contribution in [0.1, 0.15) is 38.3 Å². The summed E-state index contributed by atoms with van der Waals surface area (Å²) in [6.07, 6.45) is 2.39. The average Bonchev–Trinajstić information content (AvgIpc) is 3.39. The summed E-state index contributed by atoms with van der Waals surface area (Å²) < 4.78 is 13.4. The predicted molar refractivity (Wildman–Crippen MR) is 126 cm³/mol. The van der Waals surface area contributed by atoms with Crippen LogP contribution in [-0.2, 0) is 13.6 Å². The van der Waals surface area contributed by atoms with Crippen LogP contribution in [0.4, 0.5) is 0 Å². The summed E-state index contributed by atoms with van der Waals surface area (Å²) in [7, 11) is 3.61. The first-order valence-corrected chi connectivity index (χ1v) is 11.4. The van der Waals surface area contributed by atoms with E-state index in [2.05, 4.69) is 32.7 Å². The Morgan fingerprint density at radius 2 is 2.03 bits per heavy atom. The molecular formula is C23H37N7O2. The molecule has 2 unspecified atom stereocenters. The first-order valence-electron chi connectivity index (χ1n) is 11.4. The van der Waals surface area contributed by atoms with Gasteiger partial charge in [-0.2, -0.15) is 0 Å². The summed E-state index contributed by atoms with van der Waals surface area (Å²) in [4.78, 5) is 7.28. The Morgan fingerprint density at radius 3 is 2.72 bits per heavy atom. The zero-order chi connectivity index (χ0) is 22.9. The summed E-state index contributed by atoms with van der Waals surface area (Å²) in [6, 6.07) is 8.22. The molecule has 1 saturated heterocycles. The lowest BCUT2D eigenvalue weighted by molar-refractivity contribution is 0.213. The highest BCUT2D eigenvalue weighted by atomic mass is 16.5. The molecule has 32 heavy (non-hydrogen) atoms. The molecule has 176 valence electrons. The van der Waals surface area contributed by atoms with Crippen LogP contribution < -0.4 is 20.1 Å². The van der Waals surface area contributed by atoms with Gasteiger partial charge in [0.05, 0.1) is 13.7 Å². The van der Waals surface area contributed by atoms with Crippen molar-refractivity contribution < 1.29 is 9.47 Å². The highest BCUT2D eigenvalue weighted by molar-refractivity contribution is 5.79. The van der Waals surface area contributed by atoms with E-state index in [1.54, 1.807) is 7.11 Å². The number of hydrogen-bond acceptors (Lipinski definition) is 6. The van der Waals surface area contributed by atoms with Gasteiger partial charge in [-0.1, -0.05) is 19.1 Å². The van der Waals surface area contributed by atoms with Crippen molar-refractivity contribution in [3.05, 3.63) is 35.9 Å². The van der Waals surface area contributed by atoms with E-state index >= 15 is 0 Å². The second-order valence-corrected chi connectivity index (χ2v) is 8.15. The first-order chi connectivity index (χ1) is 15.5. The van der Waals surface area contributed by atoms with Gasteiger partial charge in [0.2, 0.25) is 0 Å². The summed E-state index contributed by atoms with van der Waals surface area (Å²) in [5.41, 5.74) is 0. The number of rotatable bonds is 10. The van der Waals surface area contributed by atoms with Gasteiger partial charge in [-0.15, -0.1) is 10.2 Å². The zero-order valence-corrected chi connectivity index (χ0v) is 20.0. The van der Waals surface area contributed by atoms with Gasteiger partial charge in [0, 0.05) is 19.6 Å². The van der Waals surface area contributed by atoms with E-state index in [4.69, 9.17) is 14.5 Å². The minimum atomic E-state index is -0.0750. The molecular weight excluding hydrogens is 406 g/mol. The molecule has 2 atom stereocenters. The molecule has 2 N–H and O–H groups in total. The maximum atomic E-state index is 6.08. The van der Waals surface area contributed by atoms with Crippen molar-refractivity contribution in [2.75, 3.05) is 33.3 Å². The SMILES string of the molecule is CCN1CCCC1CNC(=NCc1nnc(C)n1C)NCC(C)Oc1ccccc1OC. The number of likely N-dealkylation sites (tertiary alicyclic amines) is 1. The van der Waals surface area contributed by atoms with Crippen LogP contribution in [0.2, 0.25) is 0 Å². The average molecular weight is 444 g/mol. The van der Waals surface area contributed by atoms with Crippen LogP contribution in [0.15, 0.2) is 29.3 Å². The van der Waals surface area contributed by atoms with E-state index < -0.39 is 0 Å². The molecule has 1 aromatic carbocycles. The van der Waals surface area contributed by atoms with Crippen LogP contribution in [0, 0.1) is 6.92 Å². The number of nitrogens with zero attached hydrogens (tertiary/aromatic N) is 5. The molecule has 0 amide bonds. The van der Waals surface area contributed by atoms with E-state index in [9.17, 15) is 0 Å². The lowest BCUT2D eigenvalue weighted by atomic mass is 10.2. The predicted octanol–water partition coefficient (Wildman–Crippen LogP) is 2.12. The largest absolute Gasteiger partial charge is 0.493 e. The molecule has 9 nitrogen and oxygen atoms in total. The van der Waals surface area contributed by atoms with E-state index in [-0.39, 0.29) is 6.10 Å². The Labute approximate surface area is 191 Å². The van der Waals surface area contributed by atoms with Crippen LogP contribution in [0.5, 0.6) is 11.5 Å². The number of methoxy groups -OCH3 is 1. The van der Waals surface area contributed by atoms with E-state index in [1.165, 1.54) is 19.4 Å². The normalized spacial score (nSPS) is 17.9. The zero-order valence-electron chi connectivity index (χ0n) is 20.0. The summed E-state index contributed by atoms with van der Waals surface area (Å²) in [6.45, 7) is 10.4. The van der Waals surface area contributed by atoms with Crippen molar-refractivity contribution >= 4 is 5.96 Å². The van der Waals surface area contributed by atoms with Gasteiger partial charge >= 0.3 is 0 Å². The minimum Gasteiger partial charge on any atom is -0.493 e. The van der Waals surface area contributed by atoms with Gasteiger partial charge in [-0.25, -0.2) is 4.99 Å². The fourth-order valence-corrected chi connectivity index (χ4v) is 3.88. The second kappa shape index (κ2) is 11.7. The maximum Gasteiger partial charge on any atom is 0.191 e. The van der Waals surface area contributed by atoms with Crippen molar-refractivity contribution in [2.24, 2.45) is 12.0 Å². The lowest BCUT2D eigenvalue weighted by Gasteiger charge is -2.24. The molecule has 1 fully saturated rings. The summed E-state index contributed by atoms with van der Waals surface area (Å²) in [5, 5.41) is 15.3. The highest BCUT2D eigenvalue weighted by Gasteiger charge is 2.23. The molecule has 1 aromatic heterocycles. The van der Waals surface area contributed by atoms with Crippen molar-refractivity contribution in [1.82, 2.24) is 30.3 Å². The van der Waals surface area contributed by atoms with E-state index in [0.29, 0.717) is 19.1 Å². The number of aliphatic imine (C=N–C) groups is 1. The lowest BCUT2D eigenvalue weighted by Crippen LogP contribution is -2.46. The topological polar surface area (TPSA) is 88.8 Å². The van der Waals surface area contributed by atoms with Crippen LogP contribution in [0.25, 0.3) is 0 Å². The number of para-hydroxylation sites is 2. The second-order valence-electron chi connectivity index (χ2n) is 8.15. The number of hydrogen-bond donors (Lipinski definition) is 2. The van der Waals surface area contributed by atoms with Gasteiger partial charge in [0.15, 0.2) is 23.3 Å². The van der Waals surface area contributed by atoms with Crippen LogP contribution >= 0.6 is 0 Å². The monoisotopic (exact) mass is 443 g/mol. The van der Waals surface area contributed by atoms with Gasteiger partial charge in [-0.05, 0) is 51.9 Å². The molecule has 1 aliphatic rings. The standard InChI is InChI=1S/C23H37N7O2/c1-6-30-13-9-10-19(30)15-25-23(26-16-22-28-27-18(3)29(22)4)24-14-17(2)32-21-12-8-7-11-20(21)31-5/h7-8,11-12,17,19H,6,9-10,13-16H2,1-5H3,(H2,24,25,26). The number of nitrogens with one attached hydrogen (secondary N) is 2. The molecule has 0 radical (unpaired) electrons. The summed E-state index contributed by atoms with van der Waals surface area (Å²) >= 11 is 0. The summed E-state index contributed by atoms with van der Waals surface area (Å²) in [5.74, 6) is 3.92. The minimum absolute atomic E-state index is 0.0750. The van der Waals surface area contributed by atoms with E-state index in [1.807, 2.05) is 49.7 Å². The molecule has 0 aliphatic carbocycles. The van der Waals surface area contributed by atoms with Crippen LogP contribution in [0.3, 0.4) is 0 Å². The van der Waals surface area contributed by atoms with Crippen molar-refractivity contribution in [3.8, 4) is 11.5 Å². The van der Waals surface area contributed by atoms with Gasteiger partial charge in [0.1, 0.15) is 18.5 Å². The number of guanidine groups is 1. The van der Waals surface area contributed by atoms with Crippen LogP contribution in [-0.4, -0.2) is 71.1 Å². The number of benzene rings is 1. The fourth-order valence-electron chi connectivity index (χ4n) is 3.88. The smallest absolute Gasteiger partial charge is 0.191 e. The fraction of sp³-hybridized carbons (Fsp3) is 0.609. The first kappa shape index (κ1) is 23.8. The third kappa shape index (κ3) is 6.35. The van der Waals surface area contributed by atoms with Crippen molar-refractivity contribution in [3.63, 3.8) is 0 Å². The Hall–Kier alpha value is -2.81. The molecule has 9 heteroatoms.